The Morgan fingerprint density at radius 1 is 1.29 bits per heavy atom. The molecule has 0 unspecified atom stereocenters. The van der Waals surface area contributed by atoms with Gasteiger partial charge in [0.2, 0.25) is 5.91 Å². The number of benzene rings is 1. The molecule has 1 N–H and O–H groups in total. The van der Waals surface area contributed by atoms with Gasteiger partial charge in [0.05, 0.1) is 24.6 Å². The highest BCUT2D eigenvalue weighted by Gasteiger charge is 2.12. The molecule has 114 valence electrons. The first-order valence-corrected chi connectivity index (χ1v) is 6.31. The number of likely N-dealkylation sites (N-methyl/N-ethyl adjacent to an activating group) is 1. The fraction of sp³-hybridized carbons (Fsp3) is 0.385. The molecule has 0 atom stereocenters. The number of esters is 1. The van der Waals surface area contributed by atoms with Crippen molar-refractivity contribution in [3.8, 4) is 0 Å². The van der Waals surface area contributed by atoms with Gasteiger partial charge in [0, 0.05) is 17.8 Å². The second kappa shape index (κ2) is 7.95. The van der Waals surface area contributed by atoms with E-state index in [1.807, 2.05) is 0 Å². The number of hydrogen-bond donors (Lipinski definition) is 1. The summed E-state index contributed by atoms with van der Waals surface area (Å²) in [4.78, 5) is 34.5. The maximum atomic E-state index is 11.7. The minimum atomic E-state index is -0.515. The van der Waals surface area contributed by atoms with Gasteiger partial charge in [-0.25, -0.2) is 0 Å². The zero-order valence-corrected chi connectivity index (χ0v) is 11.9. The Balaban J connectivity index is 2.46. The lowest BCUT2D eigenvalue weighted by Gasteiger charge is -2.15. The summed E-state index contributed by atoms with van der Waals surface area (Å²) in [6, 6.07) is 5.50. The molecule has 0 saturated heterocycles. The van der Waals surface area contributed by atoms with Crippen molar-refractivity contribution in [1.82, 2.24) is 4.90 Å². The van der Waals surface area contributed by atoms with Gasteiger partial charge in [-0.2, -0.15) is 0 Å². The van der Waals surface area contributed by atoms with E-state index in [0.717, 1.165) is 0 Å². The number of nitrogens with one attached hydrogen (secondary N) is 1. The van der Waals surface area contributed by atoms with Crippen LogP contribution in [0.2, 0.25) is 0 Å². The van der Waals surface area contributed by atoms with Crippen molar-refractivity contribution in [2.45, 2.75) is 6.92 Å². The van der Waals surface area contributed by atoms with Crippen LogP contribution < -0.4 is 5.32 Å². The van der Waals surface area contributed by atoms with E-state index in [0.29, 0.717) is 12.3 Å². The topological polar surface area (TPSA) is 102 Å². The average Bonchev–Trinajstić information content (AvgIpc) is 2.38. The van der Waals surface area contributed by atoms with Crippen LogP contribution in [-0.2, 0) is 14.3 Å². The van der Waals surface area contributed by atoms with Crippen LogP contribution in [0.25, 0.3) is 0 Å². The first kappa shape index (κ1) is 16.6. The number of nitro benzene ring substituents is 1. The number of nitrogens with zero attached hydrogens (tertiary/aromatic N) is 2. The van der Waals surface area contributed by atoms with Crippen LogP contribution in [-0.4, -0.2) is 48.4 Å². The number of anilines is 1. The molecule has 21 heavy (non-hydrogen) atoms. The zero-order chi connectivity index (χ0) is 15.8. The Morgan fingerprint density at radius 3 is 2.43 bits per heavy atom. The molecule has 8 heteroatoms. The SMILES string of the molecule is CCOC(=O)CN(C)CC(=O)Nc1ccc([N+](=O)[O-])cc1. The number of non-ortho nitro benzene ring substituents is 1. The van der Waals surface area contributed by atoms with Gasteiger partial charge in [-0.1, -0.05) is 0 Å². The summed E-state index contributed by atoms with van der Waals surface area (Å²) in [6.45, 7) is 2.03. The third-order valence-electron chi connectivity index (χ3n) is 2.48. The highest BCUT2D eigenvalue weighted by molar-refractivity contribution is 5.92. The minimum absolute atomic E-state index is 0.00972. The molecule has 0 saturated carbocycles. The monoisotopic (exact) mass is 295 g/mol. The average molecular weight is 295 g/mol. The maximum Gasteiger partial charge on any atom is 0.320 e. The molecule has 0 fully saturated rings. The smallest absolute Gasteiger partial charge is 0.320 e. The number of carbonyl (C=O) groups is 2. The number of ether oxygens (including phenoxy) is 1. The fourth-order valence-electron chi connectivity index (χ4n) is 1.60. The highest BCUT2D eigenvalue weighted by Crippen LogP contribution is 2.15. The molecule has 1 amide bonds. The van der Waals surface area contributed by atoms with Gasteiger partial charge in [-0.3, -0.25) is 24.6 Å². The van der Waals surface area contributed by atoms with Crippen LogP contribution in [0.3, 0.4) is 0 Å². The van der Waals surface area contributed by atoms with E-state index in [1.54, 1.807) is 14.0 Å². The molecular weight excluding hydrogens is 278 g/mol. The van der Waals surface area contributed by atoms with Crippen molar-refractivity contribution in [3.63, 3.8) is 0 Å². The Labute approximate surface area is 121 Å². The Morgan fingerprint density at radius 2 is 1.90 bits per heavy atom. The molecule has 0 radical (unpaired) electrons. The number of rotatable bonds is 7. The molecule has 1 aromatic rings. The van der Waals surface area contributed by atoms with Gasteiger partial charge in [0.1, 0.15) is 0 Å². The van der Waals surface area contributed by atoms with Crippen molar-refractivity contribution in [2.24, 2.45) is 0 Å². The third kappa shape index (κ3) is 6.00. The van der Waals surface area contributed by atoms with E-state index in [-0.39, 0.29) is 24.7 Å². The first-order valence-electron chi connectivity index (χ1n) is 6.31. The predicted octanol–water partition coefficient (Wildman–Crippen LogP) is 1.03. The molecule has 0 spiro atoms. The zero-order valence-electron chi connectivity index (χ0n) is 11.9. The van der Waals surface area contributed by atoms with Crippen LogP contribution in [0.4, 0.5) is 11.4 Å². The Bertz CT molecular complexity index is 515. The lowest BCUT2D eigenvalue weighted by molar-refractivity contribution is -0.384. The second-order valence-corrected chi connectivity index (χ2v) is 4.33. The summed E-state index contributed by atoms with van der Waals surface area (Å²) in [6.07, 6.45) is 0. The first-order chi connectivity index (χ1) is 9.92. The summed E-state index contributed by atoms with van der Waals surface area (Å²) >= 11 is 0. The summed E-state index contributed by atoms with van der Waals surface area (Å²) in [5.74, 6) is -0.723. The van der Waals surface area contributed by atoms with Crippen LogP contribution in [0.15, 0.2) is 24.3 Å². The summed E-state index contributed by atoms with van der Waals surface area (Å²) in [7, 11) is 1.62. The molecular formula is C13H17N3O5. The lowest BCUT2D eigenvalue weighted by Crippen LogP contribution is -2.34. The molecule has 0 aromatic heterocycles. The van der Waals surface area contributed by atoms with Crippen molar-refractivity contribution in [3.05, 3.63) is 34.4 Å². The molecule has 0 heterocycles. The molecule has 0 bridgehead atoms. The number of carbonyl (C=O) groups excluding carboxylic acids is 2. The van der Waals surface area contributed by atoms with Crippen LogP contribution in [0.1, 0.15) is 6.92 Å². The molecule has 1 rings (SSSR count). The number of amides is 1. The second-order valence-electron chi connectivity index (χ2n) is 4.33. The van der Waals surface area contributed by atoms with Gasteiger partial charge in [-0.05, 0) is 26.1 Å². The fourth-order valence-corrected chi connectivity index (χ4v) is 1.60. The van der Waals surface area contributed by atoms with Gasteiger partial charge in [0.25, 0.3) is 5.69 Å². The Hall–Kier alpha value is -2.48. The van der Waals surface area contributed by atoms with E-state index in [9.17, 15) is 19.7 Å². The van der Waals surface area contributed by atoms with Crippen LogP contribution >= 0.6 is 0 Å². The molecule has 0 aliphatic heterocycles. The number of hydrogen-bond acceptors (Lipinski definition) is 6. The van der Waals surface area contributed by atoms with E-state index in [2.05, 4.69) is 5.32 Å². The molecule has 0 aliphatic carbocycles. The van der Waals surface area contributed by atoms with E-state index in [4.69, 9.17) is 4.74 Å². The molecule has 1 aromatic carbocycles. The normalized spacial score (nSPS) is 10.2. The van der Waals surface area contributed by atoms with Crippen LogP contribution in [0, 0.1) is 10.1 Å². The predicted molar refractivity (Wildman–Crippen MR) is 75.9 cm³/mol. The highest BCUT2D eigenvalue weighted by atomic mass is 16.6. The minimum Gasteiger partial charge on any atom is -0.465 e. The van der Waals surface area contributed by atoms with Gasteiger partial charge in [-0.15, -0.1) is 0 Å². The van der Waals surface area contributed by atoms with E-state index < -0.39 is 10.9 Å². The largest absolute Gasteiger partial charge is 0.465 e. The van der Waals surface area contributed by atoms with E-state index in [1.165, 1.54) is 29.2 Å². The molecule has 0 aliphatic rings. The van der Waals surface area contributed by atoms with Crippen molar-refractivity contribution in [1.29, 1.82) is 0 Å². The maximum absolute atomic E-state index is 11.7. The van der Waals surface area contributed by atoms with Gasteiger partial charge in [0.15, 0.2) is 0 Å². The van der Waals surface area contributed by atoms with Gasteiger partial charge < -0.3 is 10.1 Å². The van der Waals surface area contributed by atoms with Crippen LogP contribution in [0.5, 0.6) is 0 Å². The van der Waals surface area contributed by atoms with Crippen molar-refractivity contribution >= 4 is 23.3 Å². The Kier molecular flexibility index (Phi) is 6.28. The van der Waals surface area contributed by atoms with Crippen molar-refractivity contribution in [2.75, 3.05) is 32.1 Å². The third-order valence-corrected chi connectivity index (χ3v) is 2.48. The summed E-state index contributed by atoms with van der Waals surface area (Å²) in [5.41, 5.74) is 0.405. The van der Waals surface area contributed by atoms with E-state index >= 15 is 0 Å². The van der Waals surface area contributed by atoms with Gasteiger partial charge >= 0.3 is 5.97 Å². The molecule has 8 nitrogen and oxygen atoms in total. The summed E-state index contributed by atoms with van der Waals surface area (Å²) in [5, 5.41) is 13.1. The lowest BCUT2D eigenvalue weighted by atomic mass is 10.3. The van der Waals surface area contributed by atoms with Crippen molar-refractivity contribution < 1.29 is 19.2 Å². The standard InChI is InChI=1S/C13H17N3O5/c1-3-21-13(18)9-15(2)8-12(17)14-10-4-6-11(7-5-10)16(19)20/h4-7H,3,8-9H2,1-2H3,(H,14,17). The summed E-state index contributed by atoms with van der Waals surface area (Å²) < 4.78 is 4.77. The number of nitro groups is 1. The quantitative estimate of drug-likeness (QED) is 0.458.